The average molecular weight is 254 g/mol. The maximum absolute atomic E-state index is 11.7. The molecule has 104 valence electrons. The van der Waals surface area contributed by atoms with Crippen LogP contribution in [0.1, 0.15) is 51.4 Å². The third-order valence-electron chi connectivity index (χ3n) is 4.25. The molecule has 18 heavy (non-hydrogen) atoms. The molecule has 4 heteroatoms. The number of hydrogen-bond acceptors (Lipinski definition) is 3. The van der Waals surface area contributed by atoms with Gasteiger partial charge in [-0.15, -0.1) is 0 Å². The molecule has 4 nitrogen and oxygen atoms in total. The van der Waals surface area contributed by atoms with Gasteiger partial charge in [-0.2, -0.15) is 0 Å². The Labute approximate surface area is 110 Å². The summed E-state index contributed by atoms with van der Waals surface area (Å²) >= 11 is 0. The van der Waals surface area contributed by atoms with Gasteiger partial charge in [0.05, 0.1) is 12.6 Å². The first-order valence-electron chi connectivity index (χ1n) is 7.42. The second-order valence-corrected chi connectivity index (χ2v) is 5.85. The summed E-state index contributed by atoms with van der Waals surface area (Å²) in [5, 5.41) is 15.9. The number of amides is 1. The smallest absolute Gasteiger partial charge is 0.233 e. The van der Waals surface area contributed by atoms with Crippen LogP contribution in [0.4, 0.5) is 0 Å². The lowest BCUT2D eigenvalue weighted by Crippen LogP contribution is -2.40. The fourth-order valence-electron chi connectivity index (χ4n) is 3.14. The van der Waals surface area contributed by atoms with E-state index in [1.165, 1.54) is 25.7 Å². The van der Waals surface area contributed by atoms with E-state index in [1.807, 2.05) is 0 Å². The molecule has 2 saturated carbocycles. The van der Waals surface area contributed by atoms with E-state index in [1.54, 1.807) is 0 Å². The van der Waals surface area contributed by atoms with Gasteiger partial charge in [0.1, 0.15) is 0 Å². The minimum Gasteiger partial charge on any atom is -0.393 e. The third kappa shape index (κ3) is 4.58. The average Bonchev–Trinajstić information content (AvgIpc) is 2.87. The molecule has 2 unspecified atom stereocenters. The van der Waals surface area contributed by atoms with Crippen LogP contribution in [0.25, 0.3) is 0 Å². The van der Waals surface area contributed by atoms with Crippen LogP contribution in [0.2, 0.25) is 0 Å². The highest BCUT2D eigenvalue weighted by atomic mass is 16.3. The molecule has 0 aromatic carbocycles. The van der Waals surface area contributed by atoms with Crippen molar-refractivity contribution in [1.82, 2.24) is 10.6 Å². The summed E-state index contributed by atoms with van der Waals surface area (Å²) < 4.78 is 0. The van der Waals surface area contributed by atoms with E-state index in [0.29, 0.717) is 18.5 Å². The Hall–Kier alpha value is -0.610. The zero-order chi connectivity index (χ0) is 12.8. The second-order valence-electron chi connectivity index (χ2n) is 5.85. The molecule has 2 atom stereocenters. The Morgan fingerprint density at radius 3 is 2.61 bits per heavy atom. The highest BCUT2D eigenvalue weighted by Crippen LogP contribution is 2.23. The van der Waals surface area contributed by atoms with Gasteiger partial charge in [-0.1, -0.05) is 19.3 Å². The van der Waals surface area contributed by atoms with Gasteiger partial charge in [0.2, 0.25) is 5.91 Å². The summed E-state index contributed by atoms with van der Waals surface area (Å²) in [5.41, 5.74) is 0. The predicted molar refractivity (Wildman–Crippen MR) is 71.2 cm³/mol. The van der Waals surface area contributed by atoms with Crippen LogP contribution in [0, 0.1) is 5.92 Å². The van der Waals surface area contributed by atoms with Crippen LogP contribution in [-0.2, 0) is 4.79 Å². The van der Waals surface area contributed by atoms with Crippen LogP contribution in [0.3, 0.4) is 0 Å². The van der Waals surface area contributed by atoms with Gasteiger partial charge >= 0.3 is 0 Å². The van der Waals surface area contributed by atoms with Gasteiger partial charge in [0, 0.05) is 12.6 Å². The van der Waals surface area contributed by atoms with Crippen LogP contribution in [0.5, 0.6) is 0 Å². The molecule has 0 aliphatic heterocycles. The lowest BCUT2D eigenvalue weighted by atomic mass is 9.87. The first-order valence-corrected chi connectivity index (χ1v) is 7.42. The monoisotopic (exact) mass is 254 g/mol. The van der Waals surface area contributed by atoms with Crippen molar-refractivity contribution in [3.63, 3.8) is 0 Å². The fourth-order valence-corrected chi connectivity index (χ4v) is 3.14. The molecule has 1 amide bonds. The van der Waals surface area contributed by atoms with E-state index < -0.39 is 0 Å². The zero-order valence-electron chi connectivity index (χ0n) is 11.2. The maximum Gasteiger partial charge on any atom is 0.233 e. The van der Waals surface area contributed by atoms with Crippen molar-refractivity contribution in [1.29, 1.82) is 0 Å². The minimum absolute atomic E-state index is 0.0990. The van der Waals surface area contributed by atoms with Crippen LogP contribution < -0.4 is 10.6 Å². The number of carbonyl (C=O) groups excluding carboxylic acids is 1. The first kappa shape index (κ1) is 13.8. The maximum atomic E-state index is 11.7. The van der Waals surface area contributed by atoms with Gasteiger partial charge in [0.15, 0.2) is 0 Å². The Morgan fingerprint density at radius 1 is 1.11 bits per heavy atom. The molecule has 0 radical (unpaired) electrons. The summed E-state index contributed by atoms with van der Waals surface area (Å²) in [6, 6.07) is 0.548. The summed E-state index contributed by atoms with van der Waals surface area (Å²) in [5.74, 6) is 0.561. The number of hydrogen-bond donors (Lipinski definition) is 3. The van der Waals surface area contributed by atoms with Crippen molar-refractivity contribution in [2.24, 2.45) is 5.92 Å². The Kier molecular flexibility index (Phi) is 5.45. The van der Waals surface area contributed by atoms with Crippen LogP contribution in [-0.4, -0.2) is 36.2 Å². The number of aliphatic hydroxyl groups excluding tert-OH is 1. The first-order chi connectivity index (χ1) is 8.74. The normalized spacial score (nSPS) is 29.4. The van der Waals surface area contributed by atoms with E-state index in [2.05, 4.69) is 10.6 Å². The van der Waals surface area contributed by atoms with Crippen molar-refractivity contribution < 1.29 is 9.90 Å². The number of aliphatic hydroxyl groups is 1. The van der Waals surface area contributed by atoms with Gasteiger partial charge in [-0.25, -0.2) is 0 Å². The summed E-state index contributed by atoms with van der Waals surface area (Å²) in [7, 11) is 0. The van der Waals surface area contributed by atoms with Crippen LogP contribution >= 0.6 is 0 Å². The molecular formula is C14H26N2O2. The lowest BCUT2D eigenvalue weighted by molar-refractivity contribution is -0.120. The molecule has 2 aliphatic rings. The quantitative estimate of drug-likeness (QED) is 0.690. The standard InChI is InChI=1S/C14H26N2O2/c17-13-7-3-4-11(8-13)9-16-14(18)10-15-12-5-1-2-6-12/h11-13,15,17H,1-10H2,(H,16,18). The van der Waals surface area contributed by atoms with E-state index >= 15 is 0 Å². The molecule has 3 N–H and O–H groups in total. The summed E-state index contributed by atoms with van der Waals surface area (Å²) in [4.78, 5) is 11.7. The molecule has 0 aromatic rings. The Balaban J connectivity index is 1.56. The van der Waals surface area contributed by atoms with E-state index in [4.69, 9.17) is 0 Å². The zero-order valence-corrected chi connectivity index (χ0v) is 11.2. The SMILES string of the molecule is O=C(CNC1CCCC1)NCC1CCCC(O)C1. The molecule has 0 bridgehead atoms. The summed E-state index contributed by atoms with van der Waals surface area (Å²) in [6.45, 7) is 1.17. The van der Waals surface area contributed by atoms with Crippen molar-refractivity contribution in [3.8, 4) is 0 Å². The van der Waals surface area contributed by atoms with Crippen LogP contribution in [0.15, 0.2) is 0 Å². The predicted octanol–water partition coefficient (Wildman–Crippen LogP) is 1.19. The molecule has 2 aliphatic carbocycles. The largest absolute Gasteiger partial charge is 0.393 e. The molecule has 0 spiro atoms. The highest BCUT2D eigenvalue weighted by Gasteiger charge is 2.20. The number of nitrogens with one attached hydrogen (secondary N) is 2. The molecule has 0 saturated heterocycles. The van der Waals surface area contributed by atoms with E-state index in [9.17, 15) is 9.90 Å². The molecule has 0 heterocycles. The number of carbonyl (C=O) groups is 1. The van der Waals surface area contributed by atoms with Crippen molar-refractivity contribution in [2.45, 2.75) is 63.5 Å². The Bertz CT molecular complexity index is 265. The molecule has 2 fully saturated rings. The summed E-state index contributed by atoms with van der Waals surface area (Å²) in [6.07, 6.45) is 8.83. The van der Waals surface area contributed by atoms with Crippen molar-refractivity contribution in [2.75, 3.05) is 13.1 Å². The highest BCUT2D eigenvalue weighted by molar-refractivity contribution is 5.78. The van der Waals surface area contributed by atoms with Crippen molar-refractivity contribution in [3.05, 3.63) is 0 Å². The van der Waals surface area contributed by atoms with Gasteiger partial charge < -0.3 is 15.7 Å². The molecular weight excluding hydrogens is 228 g/mol. The topological polar surface area (TPSA) is 61.4 Å². The minimum atomic E-state index is -0.155. The lowest BCUT2D eigenvalue weighted by Gasteiger charge is -2.26. The van der Waals surface area contributed by atoms with Gasteiger partial charge in [0.25, 0.3) is 0 Å². The van der Waals surface area contributed by atoms with Gasteiger partial charge in [-0.05, 0) is 38.0 Å². The number of rotatable bonds is 5. The van der Waals surface area contributed by atoms with E-state index in [0.717, 1.165) is 32.2 Å². The van der Waals surface area contributed by atoms with E-state index in [-0.39, 0.29) is 12.0 Å². The molecule has 0 aromatic heterocycles. The fraction of sp³-hybridized carbons (Fsp3) is 0.929. The third-order valence-corrected chi connectivity index (χ3v) is 4.25. The second kappa shape index (κ2) is 7.10. The van der Waals surface area contributed by atoms with Crippen molar-refractivity contribution >= 4 is 5.91 Å². The molecule has 2 rings (SSSR count). The Morgan fingerprint density at radius 2 is 1.89 bits per heavy atom. The van der Waals surface area contributed by atoms with Gasteiger partial charge in [-0.3, -0.25) is 4.79 Å².